The number of hydrogen-bond acceptors (Lipinski definition) is 1. The van der Waals surface area contributed by atoms with Crippen LogP contribution >= 0.6 is 0 Å². The van der Waals surface area contributed by atoms with Crippen LogP contribution in [0.25, 0.3) is 0 Å². The fourth-order valence-corrected chi connectivity index (χ4v) is 4.93. The molecule has 3 aliphatic rings. The van der Waals surface area contributed by atoms with Gasteiger partial charge in [-0.1, -0.05) is 45.4 Å². The molecule has 0 radical (unpaired) electrons. The van der Waals surface area contributed by atoms with E-state index in [1.807, 2.05) is 0 Å². The van der Waals surface area contributed by atoms with Crippen molar-refractivity contribution >= 4 is 5.97 Å². The third-order valence-electron chi connectivity index (χ3n) is 6.91. The van der Waals surface area contributed by atoms with Gasteiger partial charge >= 0.3 is 5.97 Å². The Labute approximate surface area is 142 Å². The molecule has 0 spiro atoms. The van der Waals surface area contributed by atoms with Gasteiger partial charge in [0, 0.05) is 6.42 Å². The lowest BCUT2D eigenvalue weighted by atomic mass is 10.0. The average Bonchev–Trinajstić information content (AvgIpc) is 3.40. The predicted octanol–water partition coefficient (Wildman–Crippen LogP) is 5.90. The molecule has 2 nitrogen and oxygen atoms in total. The monoisotopic (exact) mass is 320 g/mol. The molecule has 1 N–H and O–H groups in total. The van der Waals surface area contributed by atoms with Crippen molar-refractivity contribution < 1.29 is 9.90 Å². The summed E-state index contributed by atoms with van der Waals surface area (Å²) in [5.74, 6) is 5.94. The molecule has 132 valence electrons. The van der Waals surface area contributed by atoms with E-state index in [-0.39, 0.29) is 0 Å². The van der Waals surface area contributed by atoms with Crippen molar-refractivity contribution in [3.8, 4) is 0 Å². The summed E-state index contributed by atoms with van der Waals surface area (Å²) in [6.07, 6.45) is 16.8. The maximum Gasteiger partial charge on any atom is 0.303 e. The summed E-state index contributed by atoms with van der Waals surface area (Å²) in [6.45, 7) is 2.36. The van der Waals surface area contributed by atoms with Gasteiger partial charge in [0.2, 0.25) is 0 Å². The number of rotatable bonds is 13. The van der Waals surface area contributed by atoms with E-state index in [2.05, 4.69) is 6.92 Å². The van der Waals surface area contributed by atoms with E-state index in [4.69, 9.17) is 5.11 Å². The topological polar surface area (TPSA) is 37.3 Å². The van der Waals surface area contributed by atoms with Crippen molar-refractivity contribution in [1.29, 1.82) is 0 Å². The Balaban J connectivity index is 1.13. The van der Waals surface area contributed by atoms with E-state index in [0.29, 0.717) is 6.42 Å². The summed E-state index contributed by atoms with van der Waals surface area (Å²) in [5.41, 5.74) is 0. The molecule has 0 amide bonds. The molecular formula is C21H36O2. The molecule has 0 heterocycles. The maximum absolute atomic E-state index is 10.4. The van der Waals surface area contributed by atoms with Crippen LogP contribution in [0.3, 0.4) is 0 Å². The second kappa shape index (κ2) is 8.03. The van der Waals surface area contributed by atoms with Crippen molar-refractivity contribution in [3.63, 3.8) is 0 Å². The molecule has 0 saturated heterocycles. The van der Waals surface area contributed by atoms with Crippen molar-refractivity contribution in [2.24, 2.45) is 35.5 Å². The van der Waals surface area contributed by atoms with Crippen molar-refractivity contribution in [2.45, 2.75) is 90.4 Å². The summed E-state index contributed by atoms with van der Waals surface area (Å²) in [7, 11) is 0. The number of carboxylic acid groups (broad SMARTS) is 1. The lowest BCUT2D eigenvalue weighted by Gasteiger charge is -2.02. The SMILES string of the molecule is CC[C@H]1C[C@H]1C[C@@H]1C[C@@H]1C[C@H]1C[C@H]1CCCCCCCC(=O)O. The first-order chi connectivity index (χ1) is 11.2. The van der Waals surface area contributed by atoms with Crippen LogP contribution in [0.5, 0.6) is 0 Å². The Hall–Kier alpha value is -0.530. The van der Waals surface area contributed by atoms with Crippen LogP contribution in [-0.2, 0) is 4.79 Å². The molecule has 3 rings (SSSR count). The summed E-state index contributed by atoms with van der Waals surface area (Å²) < 4.78 is 0. The molecule has 0 unspecified atom stereocenters. The minimum Gasteiger partial charge on any atom is -0.481 e. The Kier molecular flexibility index (Phi) is 6.04. The van der Waals surface area contributed by atoms with Gasteiger partial charge in [0.15, 0.2) is 0 Å². The number of unbranched alkanes of at least 4 members (excludes halogenated alkanes) is 4. The number of carboxylic acids is 1. The standard InChI is InChI=1S/C21H36O2/c1-2-15-10-17(15)12-19-14-20(19)13-18-11-16(18)8-6-4-3-5-7-9-21(22)23/h15-20H,2-14H2,1H3,(H,22,23)/t15-,16+,17-,18+,19+,20-/m0/s1. The Morgan fingerprint density at radius 2 is 1.30 bits per heavy atom. The quantitative estimate of drug-likeness (QED) is 0.429. The largest absolute Gasteiger partial charge is 0.481 e. The first-order valence-corrected chi connectivity index (χ1v) is 10.4. The van der Waals surface area contributed by atoms with Crippen molar-refractivity contribution in [1.82, 2.24) is 0 Å². The number of carbonyl (C=O) groups is 1. The van der Waals surface area contributed by atoms with Gasteiger partial charge in [0.1, 0.15) is 0 Å². The highest BCUT2D eigenvalue weighted by molar-refractivity contribution is 5.66. The van der Waals surface area contributed by atoms with E-state index in [9.17, 15) is 4.79 Å². The van der Waals surface area contributed by atoms with Gasteiger partial charge in [-0.3, -0.25) is 4.79 Å². The third kappa shape index (κ3) is 5.80. The van der Waals surface area contributed by atoms with Crippen LogP contribution in [0.4, 0.5) is 0 Å². The normalized spacial score (nSPS) is 37.6. The molecule has 23 heavy (non-hydrogen) atoms. The molecule has 3 aliphatic carbocycles. The van der Waals surface area contributed by atoms with Crippen LogP contribution in [0.1, 0.15) is 90.4 Å². The molecule has 2 heteroatoms. The second-order valence-electron chi connectivity index (χ2n) is 8.85. The highest BCUT2D eigenvalue weighted by atomic mass is 16.4. The summed E-state index contributed by atoms with van der Waals surface area (Å²) >= 11 is 0. The summed E-state index contributed by atoms with van der Waals surface area (Å²) in [4.78, 5) is 10.4. The van der Waals surface area contributed by atoms with Gasteiger partial charge in [-0.2, -0.15) is 0 Å². The van der Waals surface area contributed by atoms with E-state index in [1.165, 1.54) is 44.9 Å². The fraction of sp³-hybridized carbons (Fsp3) is 0.952. The lowest BCUT2D eigenvalue weighted by molar-refractivity contribution is -0.137. The van der Waals surface area contributed by atoms with Gasteiger partial charge in [-0.15, -0.1) is 0 Å². The van der Waals surface area contributed by atoms with Crippen LogP contribution in [0.2, 0.25) is 0 Å². The van der Waals surface area contributed by atoms with E-state index < -0.39 is 5.97 Å². The summed E-state index contributed by atoms with van der Waals surface area (Å²) in [5, 5.41) is 8.60. The minimum atomic E-state index is -0.642. The van der Waals surface area contributed by atoms with Crippen molar-refractivity contribution in [2.75, 3.05) is 0 Å². The van der Waals surface area contributed by atoms with Gasteiger partial charge in [-0.05, 0) is 74.0 Å². The number of hydrogen-bond donors (Lipinski definition) is 1. The zero-order valence-electron chi connectivity index (χ0n) is 15.0. The highest BCUT2D eigenvalue weighted by Crippen LogP contribution is 2.58. The lowest BCUT2D eigenvalue weighted by Crippen LogP contribution is -1.93. The molecule has 0 aromatic heterocycles. The average molecular weight is 321 g/mol. The number of aliphatic carboxylic acids is 1. The van der Waals surface area contributed by atoms with Crippen molar-refractivity contribution in [3.05, 3.63) is 0 Å². The summed E-state index contributed by atoms with van der Waals surface area (Å²) in [6, 6.07) is 0. The first kappa shape index (κ1) is 17.3. The van der Waals surface area contributed by atoms with E-state index in [1.54, 1.807) is 19.3 Å². The second-order valence-corrected chi connectivity index (χ2v) is 8.85. The Morgan fingerprint density at radius 3 is 1.96 bits per heavy atom. The molecule has 6 atom stereocenters. The Bertz CT molecular complexity index is 391. The molecular weight excluding hydrogens is 284 g/mol. The van der Waals surface area contributed by atoms with Gasteiger partial charge in [0.25, 0.3) is 0 Å². The maximum atomic E-state index is 10.4. The van der Waals surface area contributed by atoms with E-state index >= 15 is 0 Å². The van der Waals surface area contributed by atoms with Crippen LogP contribution in [-0.4, -0.2) is 11.1 Å². The van der Waals surface area contributed by atoms with Crippen LogP contribution in [0, 0.1) is 35.5 Å². The Morgan fingerprint density at radius 1 is 0.783 bits per heavy atom. The molecule has 3 saturated carbocycles. The predicted molar refractivity (Wildman–Crippen MR) is 94.3 cm³/mol. The van der Waals surface area contributed by atoms with Crippen LogP contribution < -0.4 is 0 Å². The molecule has 0 aromatic rings. The molecule has 0 bridgehead atoms. The zero-order valence-corrected chi connectivity index (χ0v) is 15.0. The van der Waals surface area contributed by atoms with Gasteiger partial charge in [0.05, 0.1) is 0 Å². The molecule has 0 aliphatic heterocycles. The molecule has 0 aromatic carbocycles. The zero-order chi connectivity index (χ0) is 16.2. The van der Waals surface area contributed by atoms with Gasteiger partial charge in [-0.25, -0.2) is 0 Å². The molecule has 3 fully saturated rings. The van der Waals surface area contributed by atoms with Crippen LogP contribution in [0.15, 0.2) is 0 Å². The highest BCUT2D eigenvalue weighted by Gasteiger charge is 2.48. The smallest absolute Gasteiger partial charge is 0.303 e. The minimum absolute atomic E-state index is 0.354. The van der Waals surface area contributed by atoms with E-state index in [0.717, 1.165) is 48.3 Å². The fourth-order valence-electron chi connectivity index (χ4n) is 4.93. The van der Waals surface area contributed by atoms with Gasteiger partial charge < -0.3 is 5.11 Å². The third-order valence-corrected chi connectivity index (χ3v) is 6.91. The first-order valence-electron chi connectivity index (χ1n) is 10.4.